The summed E-state index contributed by atoms with van der Waals surface area (Å²) in [5, 5.41) is 9.97. The Balaban J connectivity index is 2.44. The molecule has 1 aromatic carbocycles. The Morgan fingerprint density at radius 3 is 2.59 bits per heavy atom. The van der Waals surface area contributed by atoms with Gasteiger partial charge in [0.15, 0.2) is 0 Å². The van der Waals surface area contributed by atoms with Gasteiger partial charge in [-0.25, -0.2) is 4.39 Å². The number of benzene rings is 1. The van der Waals surface area contributed by atoms with E-state index in [0.29, 0.717) is 16.5 Å². The predicted octanol–water partition coefficient (Wildman–Crippen LogP) is 4.98. The molecule has 1 atom stereocenters. The molecule has 0 radical (unpaired) electrons. The van der Waals surface area contributed by atoms with Gasteiger partial charge in [-0.3, -0.25) is 0 Å². The molecule has 1 unspecified atom stereocenters. The quantitative estimate of drug-likeness (QED) is 0.704. The molecular formula is C14H20BrFO. The second kappa shape index (κ2) is 7.83. The zero-order chi connectivity index (χ0) is 12.7. The molecule has 0 bridgehead atoms. The van der Waals surface area contributed by atoms with Gasteiger partial charge in [-0.1, -0.05) is 61.0 Å². The van der Waals surface area contributed by atoms with Gasteiger partial charge in [0, 0.05) is 10.0 Å². The Hall–Kier alpha value is -0.410. The lowest BCUT2D eigenvalue weighted by molar-refractivity contribution is 0.158. The lowest BCUT2D eigenvalue weighted by Gasteiger charge is -2.13. The summed E-state index contributed by atoms with van der Waals surface area (Å²) in [5.74, 6) is -0.333. The second-order valence-electron chi connectivity index (χ2n) is 4.35. The van der Waals surface area contributed by atoms with Gasteiger partial charge in [0.2, 0.25) is 0 Å². The molecule has 96 valence electrons. The molecule has 3 heteroatoms. The number of hydrogen-bond donors (Lipinski definition) is 1. The van der Waals surface area contributed by atoms with E-state index in [-0.39, 0.29) is 5.82 Å². The van der Waals surface area contributed by atoms with Crippen molar-refractivity contribution in [2.24, 2.45) is 0 Å². The van der Waals surface area contributed by atoms with Gasteiger partial charge >= 0.3 is 0 Å². The van der Waals surface area contributed by atoms with Crippen LogP contribution < -0.4 is 0 Å². The number of hydrogen-bond acceptors (Lipinski definition) is 1. The maximum absolute atomic E-state index is 13.5. The van der Waals surface area contributed by atoms with Gasteiger partial charge in [-0.15, -0.1) is 0 Å². The van der Waals surface area contributed by atoms with Crippen molar-refractivity contribution in [3.8, 4) is 0 Å². The Morgan fingerprint density at radius 1 is 1.24 bits per heavy atom. The first-order valence-corrected chi connectivity index (χ1v) is 7.08. The van der Waals surface area contributed by atoms with Crippen molar-refractivity contribution in [3.63, 3.8) is 0 Å². The molecule has 1 rings (SSSR count). The van der Waals surface area contributed by atoms with E-state index in [9.17, 15) is 9.50 Å². The van der Waals surface area contributed by atoms with Crippen molar-refractivity contribution < 1.29 is 9.50 Å². The summed E-state index contributed by atoms with van der Waals surface area (Å²) in [5.41, 5.74) is 0.392. The fourth-order valence-corrected chi connectivity index (χ4v) is 2.52. The monoisotopic (exact) mass is 302 g/mol. The van der Waals surface area contributed by atoms with E-state index in [1.54, 1.807) is 12.1 Å². The molecule has 17 heavy (non-hydrogen) atoms. The third kappa shape index (κ3) is 4.76. The van der Waals surface area contributed by atoms with Crippen molar-refractivity contribution >= 4 is 15.9 Å². The molecule has 0 heterocycles. The van der Waals surface area contributed by atoms with Crippen molar-refractivity contribution in [2.45, 2.75) is 51.6 Å². The van der Waals surface area contributed by atoms with Gasteiger partial charge in [-0.2, -0.15) is 0 Å². The summed E-state index contributed by atoms with van der Waals surface area (Å²) < 4.78 is 14.2. The first-order chi connectivity index (χ1) is 8.16. The minimum Gasteiger partial charge on any atom is -0.388 e. The molecule has 0 aliphatic rings. The van der Waals surface area contributed by atoms with Crippen molar-refractivity contribution in [3.05, 3.63) is 34.1 Å². The zero-order valence-electron chi connectivity index (χ0n) is 10.3. The highest BCUT2D eigenvalue weighted by Crippen LogP contribution is 2.29. The molecule has 1 N–H and O–H groups in total. The van der Waals surface area contributed by atoms with Crippen LogP contribution in [0.25, 0.3) is 0 Å². The fraction of sp³-hybridized carbons (Fsp3) is 0.571. The van der Waals surface area contributed by atoms with Crippen LogP contribution in [0.15, 0.2) is 22.7 Å². The molecular weight excluding hydrogens is 283 g/mol. The van der Waals surface area contributed by atoms with Gasteiger partial charge in [-0.05, 0) is 18.6 Å². The van der Waals surface area contributed by atoms with E-state index >= 15 is 0 Å². The van der Waals surface area contributed by atoms with Crippen LogP contribution in [0.1, 0.15) is 57.1 Å². The third-order valence-corrected chi connectivity index (χ3v) is 3.61. The molecule has 1 nitrogen and oxygen atoms in total. The standard InChI is InChI=1S/C14H20BrFO/c1-2-3-4-5-6-10-13(17)14-11(15)8-7-9-12(14)16/h7-9,13,17H,2-6,10H2,1H3. The van der Waals surface area contributed by atoms with E-state index in [1.807, 2.05) is 0 Å². The summed E-state index contributed by atoms with van der Waals surface area (Å²) in [6.07, 6.45) is 5.62. The number of rotatable bonds is 7. The minimum absolute atomic E-state index is 0.333. The normalized spacial score (nSPS) is 12.7. The van der Waals surface area contributed by atoms with Crippen molar-refractivity contribution in [1.82, 2.24) is 0 Å². The maximum Gasteiger partial charge on any atom is 0.130 e. The summed E-state index contributed by atoms with van der Waals surface area (Å²) in [6, 6.07) is 4.79. The van der Waals surface area contributed by atoms with E-state index in [1.165, 1.54) is 25.3 Å². The van der Waals surface area contributed by atoms with Crippen molar-refractivity contribution in [2.75, 3.05) is 0 Å². The third-order valence-electron chi connectivity index (χ3n) is 2.91. The van der Waals surface area contributed by atoms with Crippen LogP contribution in [0.5, 0.6) is 0 Å². The average Bonchev–Trinajstić information content (AvgIpc) is 2.28. The Labute approximate surface area is 111 Å². The smallest absolute Gasteiger partial charge is 0.130 e. The lowest BCUT2D eigenvalue weighted by atomic mass is 10.0. The average molecular weight is 303 g/mol. The molecule has 1 aromatic rings. The summed E-state index contributed by atoms with van der Waals surface area (Å²) in [7, 11) is 0. The molecule has 0 aromatic heterocycles. The van der Waals surface area contributed by atoms with E-state index in [2.05, 4.69) is 22.9 Å². The van der Waals surface area contributed by atoms with Gasteiger partial charge in [0.05, 0.1) is 6.10 Å². The first-order valence-electron chi connectivity index (χ1n) is 6.28. The largest absolute Gasteiger partial charge is 0.388 e. The maximum atomic E-state index is 13.5. The van der Waals surface area contributed by atoms with Crippen LogP contribution in [-0.4, -0.2) is 5.11 Å². The van der Waals surface area contributed by atoms with Crippen LogP contribution in [0.4, 0.5) is 4.39 Å². The molecule has 0 aliphatic heterocycles. The highest BCUT2D eigenvalue weighted by molar-refractivity contribution is 9.10. The van der Waals surface area contributed by atoms with Gasteiger partial charge < -0.3 is 5.11 Å². The number of aliphatic hydroxyl groups is 1. The van der Waals surface area contributed by atoms with E-state index in [0.717, 1.165) is 12.8 Å². The molecule has 0 spiro atoms. The van der Waals surface area contributed by atoms with Crippen LogP contribution in [0, 0.1) is 5.82 Å². The number of aliphatic hydroxyl groups excluding tert-OH is 1. The van der Waals surface area contributed by atoms with E-state index in [4.69, 9.17) is 0 Å². The fourth-order valence-electron chi connectivity index (χ4n) is 1.91. The summed E-state index contributed by atoms with van der Waals surface area (Å²) >= 11 is 3.28. The first kappa shape index (κ1) is 14.7. The van der Waals surface area contributed by atoms with Crippen LogP contribution >= 0.6 is 15.9 Å². The Kier molecular flexibility index (Phi) is 6.75. The number of unbranched alkanes of at least 4 members (excludes halogenated alkanes) is 4. The molecule has 0 saturated carbocycles. The Bertz CT molecular complexity index is 321. The lowest BCUT2D eigenvalue weighted by Crippen LogP contribution is -2.02. The summed E-state index contributed by atoms with van der Waals surface area (Å²) in [4.78, 5) is 0. The van der Waals surface area contributed by atoms with Crippen LogP contribution in [0.3, 0.4) is 0 Å². The van der Waals surface area contributed by atoms with Crippen LogP contribution in [0.2, 0.25) is 0 Å². The number of halogens is 2. The highest BCUT2D eigenvalue weighted by atomic mass is 79.9. The molecule has 0 aliphatic carbocycles. The van der Waals surface area contributed by atoms with E-state index < -0.39 is 6.10 Å². The molecule has 0 saturated heterocycles. The molecule has 0 amide bonds. The second-order valence-corrected chi connectivity index (χ2v) is 5.21. The SMILES string of the molecule is CCCCCCCC(O)c1c(F)cccc1Br. The summed E-state index contributed by atoms with van der Waals surface area (Å²) in [6.45, 7) is 2.17. The topological polar surface area (TPSA) is 20.2 Å². The molecule has 0 fully saturated rings. The zero-order valence-corrected chi connectivity index (χ0v) is 11.8. The Morgan fingerprint density at radius 2 is 1.94 bits per heavy atom. The van der Waals surface area contributed by atoms with Crippen LogP contribution in [-0.2, 0) is 0 Å². The van der Waals surface area contributed by atoms with Gasteiger partial charge in [0.1, 0.15) is 5.82 Å². The van der Waals surface area contributed by atoms with Gasteiger partial charge in [0.25, 0.3) is 0 Å². The van der Waals surface area contributed by atoms with Crippen molar-refractivity contribution in [1.29, 1.82) is 0 Å². The predicted molar refractivity (Wildman–Crippen MR) is 72.4 cm³/mol. The minimum atomic E-state index is -0.702. The highest BCUT2D eigenvalue weighted by Gasteiger charge is 2.15.